The van der Waals surface area contributed by atoms with Gasteiger partial charge >= 0.3 is 0 Å². The van der Waals surface area contributed by atoms with Crippen LogP contribution in [-0.2, 0) is 14.4 Å². The number of benzene rings is 2. The van der Waals surface area contributed by atoms with Crippen molar-refractivity contribution in [2.24, 2.45) is 0 Å². The first-order valence-corrected chi connectivity index (χ1v) is 10.2. The minimum Gasteiger partial charge on any atom is -0.495 e. The fraction of sp³-hybridized carbons (Fsp3) is 0.304. The zero-order valence-electron chi connectivity index (χ0n) is 19.4. The largest absolute Gasteiger partial charge is 0.495 e. The van der Waals surface area contributed by atoms with Crippen molar-refractivity contribution >= 4 is 29.3 Å². The lowest BCUT2D eigenvalue weighted by Crippen LogP contribution is -2.54. The molecule has 4 amide bonds. The Bertz CT molecular complexity index is 1110. The number of para-hydroxylation sites is 2. The van der Waals surface area contributed by atoms with E-state index in [2.05, 4.69) is 5.43 Å². The van der Waals surface area contributed by atoms with Gasteiger partial charge < -0.3 is 18.9 Å². The summed E-state index contributed by atoms with van der Waals surface area (Å²) in [5.41, 5.74) is 2.76. The van der Waals surface area contributed by atoms with Crippen molar-refractivity contribution in [3.8, 4) is 23.0 Å². The number of nitrogens with zero attached hydrogens (tertiary/aromatic N) is 2. The van der Waals surface area contributed by atoms with Gasteiger partial charge in [-0.2, -0.15) is 0 Å². The Balaban J connectivity index is 1.90. The summed E-state index contributed by atoms with van der Waals surface area (Å²) in [4.78, 5) is 52.3. The molecule has 0 aromatic heterocycles. The van der Waals surface area contributed by atoms with Crippen LogP contribution in [0.25, 0.3) is 0 Å². The Morgan fingerprint density at radius 2 is 1.53 bits per heavy atom. The minimum atomic E-state index is -1.24. The second-order valence-corrected chi connectivity index (χ2v) is 7.20. The number of hydrazine groups is 1. The molecule has 11 heteroatoms. The third-order valence-corrected chi connectivity index (χ3v) is 5.25. The monoisotopic (exact) mass is 471 g/mol. The first kappa shape index (κ1) is 24.4. The van der Waals surface area contributed by atoms with E-state index >= 15 is 0 Å². The van der Waals surface area contributed by atoms with Gasteiger partial charge in [0.25, 0.3) is 11.8 Å². The summed E-state index contributed by atoms with van der Waals surface area (Å²) >= 11 is 0. The van der Waals surface area contributed by atoms with Crippen molar-refractivity contribution in [1.82, 2.24) is 10.4 Å². The first-order valence-electron chi connectivity index (χ1n) is 10.2. The fourth-order valence-corrected chi connectivity index (χ4v) is 3.65. The normalized spacial score (nSPS) is 15.1. The Morgan fingerprint density at radius 1 is 0.941 bits per heavy atom. The molecule has 34 heavy (non-hydrogen) atoms. The zero-order chi connectivity index (χ0) is 25.0. The van der Waals surface area contributed by atoms with Crippen molar-refractivity contribution in [1.29, 1.82) is 0 Å². The molecule has 1 atom stereocenters. The maximum atomic E-state index is 13.2. The molecule has 0 radical (unpaired) electrons. The molecule has 1 fully saturated rings. The molecule has 0 saturated carbocycles. The summed E-state index contributed by atoms with van der Waals surface area (Å²) in [6.45, 7) is 1.18. The van der Waals surface area contributed by atoms with E-state index in [1.54, 1.807) is 24.3 Å². The van der Waals surface area contributed by atoms with Crippen LogP contribution in [0.2, 0.25) is 0 Å². The van der Waals surface area contributed by atoms with E-state index in [1.165, 1.54) is 47.5 Å². The molecule has 1 aliphatic heterocycles. The number of methoxy groups -OCH3 is 4. The molecule has 1 N–H and O–H groups in total. The second-order valence-electron chi connectivity index (χ2n) is 7.20. The standard InChI is InChI=1S/C23H25N3O8/c1-13(27)26(24-22(29)14-10-18(32-3)21(34-5)19(11-14)33-4)16-12-20(28)25(23(16)30)15-8-6-7-9-17(15)31-2/h6-11,16H,12H2,1-5H3,(H,24,29)/t16-/m1/s1. The highest BCUT2D eigenvalue weighted by Crippen LogP contribution is 2.38. The Kier molecular flexibility index (Phi) is 7.24. The van der Waals surface area contributed by atoms with E-state index in [9.17, 15) is 19.2 Å². The average molecular weight is 471 g/mol. The SMILES string of the molecule is COc1ccccc1N1C(=O)C[C@@H](N(NC(=O)c2cc(OC)c(OC)c(OC)c2)C(C)=O)C1=O. The van der Waals surface area contributed by atoms with Gasteiger partial charge in [0, 0.05) is 12.5 Å². The highest BCUT2D eigenvalue weighted by atomic mass is 16.5. The number of carbonyl (C=O) groups is 4. The van der Waals surface area contributed by atoms with E-state index in [0.717, 1.165) is 9.91 Å². The predicted molar refractivity (Wildman–Crippen MR) is 120 cm³/mol. The molecule has 0 bridgehead atoms. The molecular weight excluding hydrogens is 446 g/mol. The van der Waals surface area contributed by atoms with Crippen molar-refractivity contribution < 1.29 is 38.1 Å². The lowest BCUT2D eigenvalue weighted by molar-refractivity contribution is -0.139. The van der Waals surface area contributed by atoms with Crippen LogP contribution in [0.5, 0.6) is 23.0 Å². The first-order chi connectivity index (χ1) is 16.3. The van der Waals surface area contributed by atoms with Crippen LogP contribution < -0.4 is 29.3 Å². The molecule has 1 aliphatic rings. The Labute approximate surface area is 196 Å². The number of imide groups is 1. The minimum absolute atomic E-state index is 0.0825. The topological polar surface area (TPSA) is 124 Å². The third-order valence-electron chi connectivity index (χ3n) is 5.25. The van der Waals surface area contributed by atoms with Gasteiger partial charge in [0.05, 0.1) is 40.5 Å². The molecule has 2 aromatic carbocycles. The van der Waals surface area contributed by atoms with Gasteiger partial charge in [-0.1, -0.05) is 12.1 Å². The number of anilines is 1. The highest BCUT2D eigenvalue weighted by molar-refractivity contribution is 6.23. The Morgan fingerprint density at radius 3 is 2.06 bits per heavy atom. The van der Waals surface area contributed by atoms with E-state index in [4.69, 9.17) is 18.9 Å². The maximum Gasteiger partial charge on any atom is 0.270 e. The molecule has 3 rings (SSSR count). The van der Waals surface area contributed by atoms with Gasteiger partial charge in [0.1, 0.15) is 11.8 Å². The molecule has 11 nitrogen and oxygen atoms in total. The number of rotatable bonds is 7. The molecule has 0 aliphatic carbocycles. The van der Waals surface area contributed by atoms with Gasteiger partial charge in [-0.3, -0.25) is 24.6 Å². The maximum absolute atomic E-state index is 13.2. The molecule has 180 valence electrons. The quantitative estimate of drug-likeness (QED) is 0.477. The van der Waals surface area contributed by atoms with Crippen LogP contribution in [0, 0.1) is 0 Å². The van der Waals surface area contributed by atoms with Crippen LogP contribution in [-0.4, -0.2) is 63.1 Å². The fourth-order valence-electron chi connectivity index (χ4n) is 3.65. The van der Waals surface area contributed by atoms with Crippen molar-refractivity contribution in [2.75, 3.05) is 33.3 Å². The van der Waals surface area contributed by atoms with E-state index in [1.807, 2.05) is 0 Å². The molecule has 0 unspecified atom stereocenters. The lowest BCUT2D eigenvalue weighted by atomic mass is 10.1. The van der Waals surface area contributed by atoms with Crippen molar-refractivity contribution in [3.63, 3.8) is 0 Å². The van der Waals surface area contributed by atoms with Crippen molar-refractivity contribution in [3.05, 3.63) is 42.0 Å². The van der Waals surface area contributed by atoms with Gasteiger partial charge in [-0.05, 0) is 24.3 Å². The summed E-state index contributed by atoms with van der Waals surface area (Å²) in [7, 11) is 5.64. The number of ether oxygens (including phenoxy) is 4. The van der Waals surface area contributed by atoms with E-state index < -0.39 is 29.7 Å². The molecule has 1 saturated heterocycles. The zero-order valence-corrected chi connectivity index (χ0v) is 19.4. The molecular formula is C23H25N3O8. The van der Waals surface area contributed by atoms with Gasteiger partial charge in [0.15, 0.2) is 11.5 Å². The van der Waals surface area contributed by atoms with Crippen LogP contribution in [0.15, 0.2) is 36.4 Å². The Hall–Kier alpha value is -4.28. The molecule has 2 aromatic rings. The summed E-state index contributed by atoms with van der Waals surface area (Å²) in [6, 6.07) is 8.09. The summed E-state index contributed by atoms with van der Waals surface area (Å²) in [5.74, 6) is -1.48. The van der Waals surface area contributed by atoms with Crippen LogP contribution in [0.3, 0.4) is 0 Å². The second kappa shape index (κ2) is 10.1. The van der Waals surface area contributed by atoms with Gasteiger partial charge in [-0.15, -0.1) is 0 Å². The highest BCUT2D eigenvalue weighted by Gasteiger charge is 2.45. The lowest BCUT2D eigenvalue weighted by Gasteiger charge is -2.27. The smallest absolute Gasteiger partial charge is 0.270 e. The number of hydrogen-bond donors (Lipinski definition) is 1. The van der Waals surface area contributed by atoms with E-state index in [-0.39, 0.29) is 34.9 Å². The number of carbonyl (C=O) groups excluding carboxylic acids is 4. The van der Waals surface area contributed by atoms with Gasteiger partial charge in [-0.25, -0.2) is 9.91 Å². The summed E-state index contributed by atoms with van der Waals surface area (Å²) < 4.78 is 21.0. The number of nitrogens with one attached hydrogen (secondary N) is 1. The van der Waals surface area contributed by atoms with Crippen molar-refractivity contribution in [2.45, 2.75) is 19.4 Å². The number of hydrogen-bond acceptors (Lipinski definition) is 8. The number of amides is 4. The summed E-state index contributed by atoms with van der Waals surface area (Å²) in [6.07, 6.45) is -0.313. The van der Waals surface area contributed by atoms with Gasteiger partial charge in [0.2, 0.25) is 17.6 Å². The van der Waals surface area contributed by atoms with Crippen LogP contribution in [0.4, 0.5) is 5.69 Å². The van der Waals surface area contributed by atoms with Crippen LogP contribution >= 0.6 is 0 Å². The van der Waals surface area contributed by atoms with E-state index in [0.29, 0.717) is 5.75 Å². The predicted octanol–water partition coefficient (Wildman–Crippen LogP) is 1.55. The molecule has 1 heterocycles. The third kappa shape index (κ3) is 4.45. The summed E-state index contributed by atoms with van der Waals surface area (Å²) in [5, 5.41) is 0.848. The van der Waals surface area contributed by atoms with Crippen LogP contribution in [0.1, 0.15) is 23.7 Å². The average Bonchev–Trinajstić information content (AvgIpc) is 3.13. The molecule has 0 spiro atoms.